The first-order valence-corrected chi connectivity index (χ1v) is 6.27. The molecule has 106 valence electrons. The van der Waals surface area contributed by atoms with Crippen LogP contribution < -0.4 is 10.5 Å². The highest BCUT2D eigenvalue weighted by Crippen LogP contribution is 2.36. The summed E-state index contributed by atoms with van der Waals surface area (Å²) in [5, 5.41) is 3.81. The van der Waals surface area contributed by atoms with Gasteiger partial charge in [-0.15, -0.1) is 0 Å². The van der Waals surface area contributed by atoms with E-state index in [4.69, 9.17) is 15.0 Å². The topological polar surface area (TPSA) is 74.2 Å². The SMILES string of the molecule is NC1(c2noc(COc3ccc(F)cc3F)n2)CCC1. The Morgan fingerprint density at radius 1 is 1.35 bits per heavy atom. The van der Waals surface area contributed by atoms with Crippen LogP contribution in [0.15, 0.2) is 22.7 Å². The maximum atomic E-state index is 13.4. The molecule has 7 heteroatoms. The summed E-state index contributed by atoms with van der Waals surface area (Å²) in [4.78, 5) is 4.14. The lowest BCUT2D eigenvalue weighted by Gasteiger charge is -2.34. The molecule has 0 saturated heterocycles. The molecule has 1 aromatic heterocycles. The molecule has 0 aliphatic heterocycles. The maximum Gasteiger partial charge on any atom is 0.264 e. The zero-order valence-electron chi connectivity index (χ0n) is 10.6. The molecule has 1 saturated carbocycles. The van der Waals surface area contributed by atoms with Gasteiger partial charge in [0.2, 0.25) is 0 Å². The van der Waals surface area contributed by atoms with Gasteiger partial charge in [0.25, 0.3) is 5.89 Å². The van der Waals surface area contributed by atoms with E-state index < -0.39 is 17.2 Å². The van der Waals surface area contributed by atoms with E-state index in [0.717, 1.165) is 31.4 Å². The summed E-state index contributed by atoms with van der Waals surface area (Å²) in [5.41, 5.74) is 5.55. The highest BCUT2D eigenvalue weighted by Gasteiger charge is 2.38. The summed E-state index contributed by atoms with van der Waals surface area (Å²) >= 11 is 0. The minimum Gasteiger partial charge on any atom is -0.481 e. The van der Waals surface area contributed by atoms with Crippen LogP contribution in [0.4, 0.5) is 8.78 Å². The van der Waals surface area contributed by atoms with Gasteiger partial charge in [0.05, 0.1) is 5.54 Å². The first-order chi connectivity index (χ1) is 9.57. The Labute approximate surface area is 113 Å². The zero-order chi connectivity index (χ0) is 14.2. The molecule has 2 aromatic rings. The second kappa shape index (κ2) is 4.82. The van der Waals surface area contributed by atoms with Crippen LogP contribution in [0.25, 0.3) is 0 Å². The van der Waals surface area contributed by atoms with Crippen LogP contribution in [0.5, 0.6) is 5.75 Å². The molecule has 1 aliphatic carbocycles. The molecule has 1 aliphatic rings. The summed E-state index contributed by atoms with van der Waals surface area (Å²) in [5.74, 6) is -0.858. The molecule has 0 amide bonds. The van der Waals surface area contributed by atoms with Crippen molar-refractivity contribution in [2.75, 3.05) is 0 Å². The van der Waals surface area contributed by atoms with E-state index in [9.17, 15) is 8.78 Å². The number of ether oxygens (including phenoxy) is 1. The third kappa shape index (κ3) is 2.36. The zero-order valence-corrected chi connectivity index (χ0v) is 10.6. The largest absolute Gasteiger partial charge is 0.481 e. The monoisotopic (exact) mass is 281 g/mol. The van der Waals surface area contributed by atoms with Crippen LogP contribution in [-0.2, 0) is 12.1 Å². The lowest BCUT2D eigenvalue weighted by molar-refractivity contribution is 0.220. The quantitative estimate of drug-likeness (QED) is 0.930. The van der Waals surface area contributed by atoms with Gasteiger partial charge >= 0.3 is 0 Å². The lowest BCUT2D eigenvalue weighted by Crippen LogP contribution is -2.44. The third-order valence-electron chi connectivity index (χ3n) is 3.40. The Kier molecular flexibility index (Phi) is 3.13. The first kappa shape index (κ1) is 13.0. The smallest absolute Gasteiger partial charge is 0.264 e. The fraction of sp³-hybridized carbons (Fsp3) is 0.385. The molecule has 0 radical (unpaired) electrons. The molecule has 0 bridgehead atoms. The number of rotatable bonds is 4. The van der Waals surface area contributed by atoms with E-state index in [1.807, 2.05) is 0 Å². The highest BCUT2D eigenvalue weighted by atomic mass is 19.1. The summed E-state index contributed by atoms with van der Waals surface area (Å²) in [6.45, 7) is -0.0916. The van der Waals surface area contributed by atoms with Crippen molar-refractivity contribution in [1.29, 1.82) is 0 Å². The average Bonchev–Trinajstić information content (AvgIpc) is 2.84. The predicted octanol–water partition coefficient (Wildman–Crippen LogP) is 2.26. The molecule has 0 spiro atoms. The Morgan fingerprint density at radius 2 is 2.15 bits per heavy atom. The van der Waals surface area contributed by atoms with Crippen molar-refractivity contribution in [3.05, 3.63) is 41.5 Å². The lowest BCUT2D eigenvalue weighted by atomic mass is 9.77. The summed E-state index contributed by atoms with van der Waals surface area (Å²) in [6, 6.07) is 3.07. The van der Waals surface area contributed by atoms with Gasteiger partial charge in [-0.1, -0.05) is 5.16 Å². The van der Waals surface area contributed by atoms with Crippen molar-refractivity contribution >= 4 is 0 Å². The van der Waals surface area contributed by atoms with Crippen LogP contribution in [0.2, 0.25) is 0 Å². The number of nitrogens with two attached hydrogens (primary N) is 1. The van der Waals surface area contributed by atoms with Crippen molar-refractivity contribution in [3.8, 4) is 5.75 Å². The predicted molar refractivity (Wildman–Crippen MR) is 64.7 cm³/mol. The molecule has 3 rings (SSSR count). The van der Waals surface area contributed by atoms with E-state index in [1.165, 1.54) is 6.07 Å². The second-order valence-electron chi connectivity index (χ2n) is 4.88. The number of hydrogen-bond donors (Lipinski definition) is 1. The van der Waals surface area contributed by atoms with Crippen LogP contribution >= 0.6 is 0 Å². The van der Waals surface area contributed by atoms with Gasteiger partial charge in [0, 0.05) is 6.07 Å². The number of aromatic nitrogens is 2. The van der Waals surface area contributed by atoms with Gasteiger partial charge in [-0.2, -0.15) is 4.98 Å². The number of halogens is 2. The van der Waals surface area contributed by atoms with Gasteiger partial charge in [-0.25, -0.2) is 8.78 Å². The first-order valence-electron chi connectivity index (χ1n) is 6.27. The molecule has 1 aromatic carbocycles. The van der Waals surface area contributed by atoms with E-state index in [2.05, 4.69) is 10.1 Å². The molecule has 1 heterocycles. The van der Waals surface area contributed by atoms with Crippen LogP contribution in [-0.4, -0.2) is 10.1 Å². The molecule has 0 unspecified atom stereocenters. The third-order valence-corrected chi connectivity index (χ3v) is 3.40. The fourth-order valence-corrected chi connectivity index (χ4v) is 2.03. The Bertz CT molecular complexity index is 626. The fourth-order valence-electron chi connectivity index (χ4n) is 2.03. The standard InChI is InChI=1S/C13H13F2N3O2/c14-8-2-3-10(9(15)6-8)19-7-11-17-12(18-20-11)13(16)4-1-5-13/h2-3,6H,1,4-5,7,16H2. The Hall–Kier alpha value is -2.02. The highest BCUT2D eigenvalue weighted by molar-refractivity contribution is 5.24. The Morgan fingerprint density at radius 3 is 2.80 bits per heavy atom. The van der Waals surface area contributed by atoms with Gasteiger partial charge in [-0.05, 0) is 31.4 Å². The van der Waals surface area contributed by atoms with E-state index in [1.54, 1.807) is 0 Å². The maximum absolute atomic E-state index is 13.4. The molecule has 5 nitrogen and oxygen atoms in total. The van der Waals surface area contributed by atoms with E-state index in [-0.39, 0.29) is 18.2 Å². The van der Waals surface area contributed by atoms with Gasteiger partial charge in [-0.3, -0.25) is 0 Å². The van der Waals surface area contributed by atoms with Crippen molar-refractivity contribution < 1.29 is 18.0 Å². The van der Waals surface area contributed by atoms with Crippen molar-refractivity contribution in [2.24, 2.45) is 5.73 Å². The number of nitrogens with zero attached hydrogens (tertiary/aromatic N) is 2. The van der Waals surface area contributed by atoms with E-state index in [0.29, 0.717) is 5.82 Å². The van der Waals surface area contributed by atoms with Gasteiger partial charge in [0.1, 0.15) is 5.82 Å². The van der Waals surface area contributed by atoms with E-state index >= 15 is 0 Å². The summed E-state index contributed by atoms with van der Waals surface area (Å²) in [6.07, 6.45) is 2.68. The average molecular weight is 281 g/mol. The number of hydrogen-bond acceptors (Lipinski definition) is 5. The van der Waals surface area contributed by atoms with Gasteiger partial charge in [0.15, 0.2) is 24.0 Å². The van der Waals surface area contributed by atoms with Crippen molar-refractivity contribution in [2.45, 2.75) is 31.4 Å². The Balaban J connectivity index is 1.66. The summed E-state index contributed by atoms with van der Waals surface area (Å²) < 4.78 is 36.3. The molecular formula is C13H13F2N3O2. The second-order valence-corrected chi connectivity index (χ2v) is 4.88. The molecule has 2 N–H and O–H groups in total. The van der Waals surface area contributed by atoms with Gasteiger partial charge < -0.3 is 15.0 Å². The molecule has 0 atom stereocenters. The number of benzene rings is 1. The molecular weight excluding hydrogens is 268 g/mol. The van der Waals surface area contributed by atoms with Crippen molar-refractivity contribution in [1.82, 2.24) is 10.1 Å². The van der Waals surface area contributed by atoms with Crippen LogP contribution in [0.3, 0.4) is 0 Å². The van der Waals surface area contributed by atoms with Crippen molar-refractivity contribution in [3.63, 3.8) is 0 Å². The van der Waals surface area contributed by atoms with Crippen LogP contribution in [0.1, 0.15) is 31.0 Å². The molecule has 20 heavy (non-hydrogen) atoms. The van der Waals surface area contributed by atoms with Crippen LogP contribution in [0, 0.1) is 11.6 Å². The normalized spacial score (nSPS) is 16.8. The minimum atomic E-state index is -0.779. The summed E-state index contributed by atoms with van der Waals surface area (Å²) in [7, 11) is 0. The molecule has 1 fully saturated rings. The minimum absolute atomic E-state index is 0.0720.